The van der Waals surface area contributed by atoms with Gasteiger partial charge < -0.3 is 14.8 Å². The predicted octanol–water partition coefficient (Wildman–Crippen LogP) is 1.33. The number of nitro benzene ring substituents is 1. The molecule has 0 aliphatic carbocycles. The van der Waals surface area contributed by atoms with Gasteiger partial charge in [0.15, 0.2) is 16.4 Å². The number of carbonyl (C=O) groups excluding carboxylic acids is 1. The Morgan fingerprint density at radius 2 is 1.82 bits per heavy atom. The monoisotopic (exact) mass is 476 g/mol. The van der Waals surface area contributed by atoms with Crippen molar-refractivity contribution in [2.24, 2.45) is 0 Å². The van der Waals surface area contributed by atoms with E-state index in [4.69, 9.17) is 9.47 Å². The van der Waals surface area contributed by atoms with E-state index in [9.17, 15) is 23.3 Å². The number of amides is 1. The lowest BCUT2D eigenvalue weighted by molar-refractivity contribution is -0.387. The van der Waals surface area contributed by atoms with Gasteiger partial charge in [0.05, 0.1) is 11.0 Å². The molecule has 1 unspecified atom stereocenters. The van der Waals surface area contributed by atoms with E-state index in [2.05, 4.69) is 5.32 Å². The number of rotatable bonds is 7. The molecule has 1 atom stereocenters. The summed E-state index contributed by atoms with van der Waals surface area (Å²) >= 11 is 0. The zero-order chi connectivity index (χ0) is 23.6. The smallest absolute Gasteiger partial charge is 0.289 e. The van der Waals surface area contributed by atoms with E-state index in [1.54, 1.807) is 13.0 Å². The van der Waals surface area contributed by atoms with Crippen LogP contribution in [0.3, 0.4) is 0 Å². The van der Waals surface area contributed by atoms with E-state index in [1.807, 2.05) is 17.0 Å². The van der Waals surface area contributed by atoms with Gasteiger partial charge in [-0.15, -0.1) is 0 Å². The van der Waals surface area contributed by atoms with Crippen LogP contribution in [0.4, 0.5) is 5.69 Å². The van der Waals surface area contributed by atoms with Crippen molar-refractivity contribution in [1.29, 1.82) is 0 Å². The minimum Gasteiger partial charge on any atom is -0.454 e. The summed E-state index contributed by atoms with van der Waals surface area (Å²) in [4.78, 5) is 24.8. The molecule has 12 heteroatoms. The quantitative estimate of drug-likeness (QED) is 0.468. The molecule has 2 heterocycles. The Morgan fingerprint density at radius 3 is 2.55 bits per heavy atom. The molecule has 1 N–H and O–H groups in total. The van der Waals surface area contributed by atoms with Crippen LogP contribution in [-0.2, 0) is 21.4 Å². The van der Waals surface area contributed by atoms with Crippen molar-refractivity contribution in [1.82, 2.24) is 14.5 Å². The first-order valence-corrected chi connectivity index (χ1v) is 11.9. The summed E-state index contributed by atoms with van der Waals surface area (Å²) in [6, 6.07) is 10.3. The van der Waals surface area contributed by atoms with Crippen molar-refractivity contribution < 1.29 is 27.6 Å². The number of ether oxygens (including phenoxy) is 2. The lowest BCUT2D eigenvalue weighted by Crippen LogP contribution is -2.54. The molecule has 1 amide bonds. The van der Waals surface area contributed by atoms with Gasteiger partial charge in [-0.3, -0.25) is 19.8 Å². The highest BCUT2D eigenvalue weighted by Crippen LogP contribution is 2.32. The Kier molecular flexibility index (Phi) is 6.49. The van der Waals surface area contributed by atoms with Crippen LogP contribution in [0, 0.1) is 10.1 Å². The molecular formula is C21H24N4O7S. The molecule has 2 aliphatic rings. The van der Waals surface area contributed by atoms with Crippen molar-refractivity contribution in [2.75, 3.05) is 33.0 Å². The van der Waals surface area contributed by atoms with Crippen LogP contribution in [0.25, 0.3) is 0 Å². The molecule has 0 aromatic heterocycles. The number of piperazine rings is 1. The van der Waals surface area contributed by atoms with Gasteiger partial charge in [0.2, 0.25) is 22.7 Å². The van der Waals surface area contributed by atoms with Gasteiger partial charge in [-0.2, -0.15) is 4.31 Å². The molecule has 11 nitrogen and oxygen atoms in total. The van der Waals surface area contributed by atoms with Crippen LogP contribution in [-0.4, -0.2) is 67.5 Å². The van der Waals surface area contributed by atoms with Crippen molar-refractivity contribution in [3.8, 4) is 11.5 Å². The van der Waals surface area contributed by atoms with Crippen LogP contribution < -0.4 is 14.8 Å². The number of hydrogen-bond acceptors (Lipinski definition) is 8. The van der Waals surface area contributed by atoms with Crippen molar-refractivity contribution >= 4 is 21.6 Å². The first-order valence-electron chi connectivity index (χ1n) is 10.4. The number of carbonyl (C=O) groups is 1. The normalized spacial score (nSPS) is 17.5. The van der Waals surface area contributed by atoms with E-state index in [-0.39, 0.29) is 30.7 Å². The summed E-state index contributed by atoms with van der Waals surface area (Å²) in [6.45, 7) is 3.20. The van der Waals surface area contributed by atoms with E-state index >= 15 is 0 Å². The molecule has 1 saturated heterocycles. The Labute approximate surface area is 191 Å². The molecule has 33 heavy (non-hydrogen) atoms. The first-order chi connectivity index (χ1) is 15.8. The number of nitro groups is 1. The SMILES string of the molecule is CC(C(=O)NCc1ccc2c(c1)OCO2)N1CCN(S(=O)(=O)c2ccccc2[N+](=O)[O-])CC1. The van der Waals surface area contributed by atoms with Crippen LogP contribution in [0.1, 0.15) is 12.5 Å². The Bertz CT molecular complexity index is 1160. The Hall–Kier alpha value is -3.22. The Morgan fingerprint density at radius 1 is 1.12 bits per heavy atom. The fraction of sp³-hybridized carbons (Fsp3) is 0.381. The lowest BCUT2D eigenvalue weighted by Gasteiger charge is -2.36. The van der Waals surface area contributed by atoms with Crippen molar-refractivity contribution in [3.63, 3.8) is 0 Å². The molecule has 2 aromatic carbocycles. The number of hydrogen-bond donors (Lipinski definition) is 1. The summed E-state index contributed by atoms with van der Waals surface area (Å²) < 4.78 is 37.8. The number of nitrogens with one attached hydrogen (secondary N) is 1. The van der Waals surface area contributed by atoms with E-state index in [0.717, 1.165) is 5.56 Å². The van der Waals surface area contributed by atoms with E-state index in [1.165, 1.54) is 28.6 Å². The van der Waals surface area contributed by atoms with Gasteiger partial charge in [0, 0.05) is 38.8 Å². The summed E-state index contributed by atoms with van der Waals surface area (Å²) in [5, 5.41) is 14.1. The average Bonchev–Trinajstić information content (AvgIpc) is 3.30. The van der Waals surface area contributed by atoms with Crippen molar-refractivity contribution in [3.05, 3.63) is 58.1 Å². The molecule has 0 bridgehead atoms. The topological polar surface area (TPSA) is 131 Å². The van der Waals surface area contributed by atoms with Crippen molar-refractivity contribution in [2.45, 2.75) is 24.4 Å². The molecule has 4 rings (SSSR count). The minimum absolute atomic E-state index is 0.133. The maximum Gasteiger partial charge on any atom is 0.289 e. The molecule has 2 aliphatic heterocycles. The molecule has 2 aromatic rings. The maximum absolute atomic E-state index is 13.0. The molecular weight excluding hydrogens is 452 g/mol. The predicted molar refractivity (Wildman–Crippen MR) is 117 cm³/mol. The highest BCUT2D eigenvalue weighted by atomic mass is 32.2. The number of fused-ring (bicyclic) bond motifs is 1. The van der Waals surface area contributed by atoms with E-state index in [0.29, 0.717) is 31.1 Å². The van der Waals surface area contributed by atoms with Crippen LogP contribution in [0.15, 0.2) is 47.4 Å². The largest absolute Gasteiger partial charge is 0.454 e. The highest BCUT2D eigenvalue weighted by molar-refractivity contribution is 7.89. The lowest BCUT2D eigenvalue weighted by atomic mass is 10.2. The fourth-order valence-corrected chi connectivity index (χ4v) is 5.43. The second-order valence-corrected chi connectivity index (χ2v) is 9.65. The minimum atomic E-state index is -4.02. The number of benzene rings is 2. The standard InChI is InChI=1S/C21H24N4O7S/c1-15(21(26)22-13-16-6-7-18-19(12-16)32-14-31-18)23-8-10-24(11-9-23)33(29,30)20-5-3-2-4-17(20)25(27)28/h2-7,12,15H,8-11,13-14H2,1H3,(H,22,26). The van der Waals surface area contributed by atoms with Gasteiger partial charge in [-0.05, 0) is 30.7 Å². The summed E-state index contributed by atoms with van der Waals surface area (Å²) in [5.74, 6) is 1.14. The molecule has 176 valence electrons. The van der Waals surface area contributed by atoms with Crippen LogP contribution >= 0.6 is 0 Å². The zero-order valence-electron chi connectivity index (χ0n) is 18.0. The second-order valence-electron chi connectivity index (χ2n) is 7.75. The first kappa shape index (κ1) is 23.0. The van der Waals surface area contributed by atoms with Crippen LogP contribution in [0.5, 0.6) is 11.5 Å². The summed E-state index contributed by atoms with van der Waals surface area (Å²) in [5.41, 5.74) is 0.427. The van der Waals surface area contributed by atoms with Gasteiger partial charge in [-0.25, -0.2) is 8.42 Å². The average molecular weight is 477 g/mol. The Balaban J connectivity index is 1.33. The number of nitrogens with zero attached hydrogens (tertiary/aromatic N) is 3. The number of sulfonamides is 1. The summed E-state index contributed by atoms with van der Waals surface area (Å²) in [6.07, 6.45) is 0. The third kappa shape index (κ3) is 4.77. The van der Waals surface area contributed by atoms with E-state index < -0.39 is 26.7 Å². The maximum atomic E-state index is 13.0. The fourth-order valence-electron chi connectivity index (χ4n) is 3.85. The molecule has 1 fully saturated rings. The molecule has 0 saturated carbocycles. The molecule has 0 radical (unpaired) electrons. The summed E-state index contributed by atoms with van der Waals surface area (Å²) in [7, 11) is -4.02. The number of para-hydroxylation sites is 1. The third-order valence-electron chi connectivity index (χ3n) is 5.78. The van der Waals surface area contributed by atoms with Gasteiger partial charge in [0.1, 0.15) is 0 Å². The van der Waals surface area contributed by atoms with Gasteiger partial charge in [-0.1, -0.05) is 18.2 Å². The highest BCUT2D eigenvalue weighted by Gasteiger charge is 2.35. The third-order valence-corrected chi connectivity index (χ3v) is 7.73. The van der Waals surface area contributed by atoms with Gasteiger partial charge >= 0.3 is 0 Å². The zero-order valence-corrected chi connectivity index (χ0v) is 18.8. The van der Waals surface area contributed by atoms with Gasteiger partial charge in [0.25, 0.3) is 5.69 Å². The molecule has 0 spiro atoms. The van der Waals surface area contributed by atoms with Crippen LogP contribution in [0.2, 0.25) is 0 Å². The second kappa shape index (κ2) is 9.33.